The number of rotatable bonds is 5. The molecule has 1 aliphatic rings. The molecule has 1 aliphatic heterocycles. The Hall–Kier alpha value is -2.37. The van der Waals surface area contributed by atoms with Crippen molar-refractivity contribution in [1.82, 2.24) is 0 Å². The van der Waals surface area contributed by atoms with Gasteiger partial charge < -0.3 is 14.6 Å². The highest BCUT2D eigenvalue weighted by Gasteiger charge is 2.18. The van der Waals surface area contributed by atoms with Crippen LogP contribution >= 0.6 is 11.6 Å². The molecule has 0 saturated carbocycles. The molecule has 1 N–H and O–H groups in total. The van der Waals surface area contributed by atoms with E-state index >= 15 is 0 Å². The summed E-state index contributed by atoms with van der Waals surface area (Å²) in [7, 11) is 0. The average molecular weight is 347 g/mol. The number of carbonyl (C=O) groups is 2. The molecule has 1 saturated heterocycles. The minimum atomic E-state index is -1.11. The molecule has 2 aromatic carbocycles. The van der Waals surface area contributed by atoms with Crippen LogP contribution in [-0.2, 0) is 4.74 Å². The summed E-state index contributed by atoms with van der Waals surface area (Å²) in [6.07, 6.45) is 0.881. The summed E-state index contributed by atoms with van der Waals surface area (Å²) in [5, 5.41) is 9.26. The highest BCUT2D eigenvalue weighted by molar-refractivity contribution is 6.35. The van der Waals surface area contributed by atoms with Crippen molar-refractivity contribution in [2.45, 2.75) is 12.5 Å². The maximum Gasteiger partial charge on any atom is 0.335 e. The van der Waals surface area contributed by atoms with Crippen LogP contribution in [0.1, 0.15) is 32.7 Å². The Morgan fingerprint density at radius 3 is 2.46 bits per heavy atom. The molecule has 2 aromatic rings. The van der Waals surface area contributed by atoms with Crippen molar-refractivity contribution < 1.29 is 24.2 Å². The number of hydrogen-bond acceptors (Lipinski definition) is 4. The van der Waals surface area contributed by atoms with E-state index in [4.69, 9.17) is 26.2 Å². The van der Waals surface area contributed by atoms with Gasteiger partial charge in [0.1, 0.15) is 11.9 Å². The van der Waals surface area contributed by atoms with E-state index in [1.807, 2.05) is 0 Å². The molecule has 0 aliphatic carbocycles. The van der Waals surface area contributed by atoms with Gasteiger partial charge in [-0.2, -0.15) is 0 Å². The minimum Gasteiger partial charge on any atom is -0.488 e. The number of carboxylic acid groups (broad SMARTS) is 1. The Kier molecular flexibility index (Phi) is 4.83. The lowest BCUT2D eigenvalue weighted by atomic mass is 10.0. The van der Waals surface area contributed by atoms with Gasteiger partial charge in [-0.1, -0.05) is 11.6 Å². The molecule has 6 heteroatoms. The SMILES string of the molecule is O=C(O)c1ccc(Cl)c(C(=O)c2ccc(OC3CCOC3)cc2)c1. The molecule has 0 bridgehead atoms. The van der Waals surface area contributed by atoms with Crippen LogP contribution in [0.15, 0.2) is 42.5 Å². The van der Waals surface area contributed by atoms with Gasteiger partial charge in [0.2, 0.25) is 0 Å². The topological polar surface area (TPSA) is 72.8 Å². The summed E-state index contributed by atoms with van der Waals surface area (Å²) in [5.74, 6) is -0.783. The third kappa shape index (κ3) is 3.58. The fraction of sp³-hybridized carbons (Fsp3) is 0.222. The zero-order valence-corrected chi connectivity index (χ0v) is 13.5. The molecule has 5 nitrogen and oxygen atoms in total. The summed E-state index contributed by atoms with van der Waals surface area (Å²) in [5.41, 5.74) is 0.591. The van der Waals surface area contributed by atoms with Crippen LogP contribution in [0, 0.1) is 0 Å². The van der Waals surface area contributed by atoms with E-state index in [1.165, 1.54) is 18.2 Å². The zero-order chi connectivity index (χ0) is 17.1. The van der Waals surface area contributed by atoms with Gasteiger partial charge >= 0.3 is 5.97 Å². The van der Waals surface area contributed by atoms with Crippen molar-refractivity contribution in [3.63, 3.8) is 0 Å². The monoisotopic (exact) mass is 346 g/mol. The van der Waals surface area contributed by atoms with Gasteiger partial charge in [0.25, 0.3) is 0 Å². The first-order chi connectivity index (χ1) is 11.5. The molecule has 124 valence electrons. The summed E-state index contributed by atoms with van der Waals surface area (Å²) in [6, 6.07) is 10.8. The van der Waals surface area contributed by atoms with E-state index in [-0.39, 0.29) is 28.0 Å². The third-order valence-corrected chi connectivity index (χ3v) is 4.09. The van der Waals surface area contributed by atoms with Gasteiger partial charge in [0, 0.05) is 17.5 Å². The molecule has 3 rings (SSSR count). The largest absolute Gasteiger partial charge is 0.488 e. The second-order valence-electron chi connectivity index (χ2n) is 5.46. The molecule has 1 atom stereocenters. The molecular formula is C18H15ClO5. The third-order valence-electron chi connectivity index (χ3n) is 3.77. The lowest BCUT2D eigenvalue weighted by Gasteiger charge is -2.12. The van der Waals surface area contributed by atoms with Crippen molar-refractivity contribution in [2.24, 2.45) is 0 Å². The zero-order valence-electron chi connectivity index (χ0n) is 12.7. The second kappa shape index (κ2) is 7.03. The number of halogens is 1. The van der Waals surface area contributed by atoms with Crippen molar-refractivity contribution in [3.05, 3.63) is 64.2 Å². The highest BCUT2D eigenvalue weighted by Crippen LogP contribution is 2.23. The van der Waals surface area contributed by atoms with Crippen molar-refractivity contribution >= 4 is 23.4 Å². The summed E-state index contributed by atoms with van der Waals surface area (Å²) in [6.45, 7) is 1.26. The Morgan fingerprint density at radius 1 is 1.12 bits per heavy atom. The van der Waals surface area contributed by atoms with E-state index in [1.54, 1.807) is 24.3 Å². The van der Waals surface area contributed by atoms with Crippen LogP contribution in [0.2, 0.25) is 5.02 Å². The van der Waals surface area contributed by atoms with Crippen LogP contribution in [-0.4, -0.2) is 36.2 Å². The van der Waals surface area contributed by atoms with Gasteiger partial charge in [0.05, 0.1) is 23.8 Å². The Bertz CT molecular complexity index is 763. The minimum absolute atomic E-state index is 0.0175. The van der Waals surface area contributed by atoms with Crippen LogP contribution in [0.5, 0.6) is 5.75 Å². The molecule has 0 spiro atoms. The van der Waals surface area contributed by atoms with Gasteiger partial charge in [0.15, 0.2) is 5.78 Å². The predicted octanol–water partition coefficient (Wildman–Crippen LogP) is 3.44. The Morgan fingerprint density at radius 2 is 1.83 bits per heavy atom. The number of ether oxygens (including phenoxy) is 2. The molecule has 1 heterocycles. The smallest absolute Gasteiger partial charge is 0.335 e. The fourth-order valence-electron chi connectivity index (χ4n) is 2.47. The molecule has 1 unspecified atom stereocenters. The Labute approximate surface area is 143 Å². The second-order valence-corrected chi connectivity index (χ2v) is 5.86. The van der Waals surface area contributed by atoms with Gasteiger partial charge in [-0.25, -0.2) is 4.79 Å². The fourth-order valence-corrected chi connectivity index (χ4v) is 2.67. The molecule has 1 fully saturated rings. The first-order valence-electron chi connectivity index (χ1n) is 7.46. The number of hydrogen-bond donors (Lipinski definition) is 1. The molecule has 0 aromatic heterocycles. The lowest BCUT2D eigenvalue weighted by Crippen LogP contribution is -2.15. The quantitative estimate of drug-likeness (QED) is 0.839. The van der Waals surface area contributed by atoms with Crippen LogP contribution in [0.3, 0.4) is 0 Å². The summed E-state index contributed by atoms with van der Waals surface area (Å²) in [4.78, 5) is 23.6. The molecular weight excluding hydrogens is 332 g/mol. The number of carboxylic acids is 1. The van der Waals surface area contributed by atoms with Crippen molar-refractivity contribution in [3.8, 4) is 5.75 Å². The van der Waals surface area contributed by atoms with Crippen LogP contribution < -0.4 is 4.74 Å². The number of carbonyl (C=O) groups excluding carboxylic acids is 1. The number of benzene rings is 2. The molecule has 0 amide bonds. The van der Waals surface area contributed by atoms with E-state index in [0.717, 1.165) is 6.42 Å². The van der Waals surface area contributed by atoms with Crippen molar-refractivity contribution in [2.75, 3.05) is 13.2 Å². The summed E-state index contributed by atoms with van der Waals surface area (Å²) < 4.78 is 11.0. The first-order valence-corrected chi connectivity index (χ1v) is 7.84. The number of ketones is 1. The van der Waals surface area contributed by atoms with Gasteiger partial charge in [-0.3, -0.25) is 4.79 Å². The van der Waals surface area contributed by atoms with E-state index in [2.05, 4.69) is 0 Å². The average Bonchev–Trinajstić information content (AvgIpc) is 3.08. The Balaban J connectivity index is 1.79. The maximum atomic E-state index is 12.6. The summed E-state index contributed by atoms with van der Waals surface area (Å²) >= 11 is 6.04. The van der Waals surface area contributed by atoms with Crippen LogP contribution in [0.4, 0.5) is 0 Å². The van der Waals surface area contributed by atoms with E-state index in [9.17, 15) is 9.59 Å². The maximum absolute atomic E-state index is 12.6. The lowest BCUT2D eigenvalue weighted by molar-refractivity contribution is 0.0697. The van der Waals surface area contributed by atoms with Gasteiger partial charge in [-0.15, -0.1) is 0 Å². The number of aromatic carboxylic acids is 1. The normalized spacial score (nSPS) is 16.8. The predicted molar refractivity (Wildman–Crippen MR) is 88.1 cm³/mol. The van der Waals surface area contributed by atoms with Crippen molar-refractivity contribution in [1.29, 1.82) is 0 Å². The molecule has 24 heavy (non-hydrogen) atoms. The van der Waals surface area contributed by atoms with Gasteiger partial charge in [-0.05, 0) is 42.5 Å². The molecule has 0 radical (unpaired) electrons. The standard InChI is InChI=1S/C18H15ClO5/c19-16-6-3-12(18(21)22)9-15(16)17(20)11-1-4-13(5-2-11)24-14-7-8-23-10-14/h1-6,9,14H,7-8,10H2,(H,21,22). The van der Waals surface area contributed by atoms with E-state index in [0.29, 0.717) is 24.5 Å². The van der Waals surface area contributed by atoms with E-state index < -0.39 is 5.97 Å². The first kappa shape index (κ1) is 16.5. The van der Waals surface area contributed by atoms with Crippen LogP contribution in [0.25, 0.3) is 0 Å². The highest BCUT2D eigenvalue weighted by atomic mass is 35.5.